The van der Waals surface area contributed by atoms with Crippen LogP contribution < -0.4 is 5.73 Å². The molecule has 72 valence electrons. The number of benzene rings is 1. The van der Waals surface area contributed by atoms with Gasteiger partial charge in [-0.2, -0.15) is 0 Å². The van der Waals surface area contributed by atoms with E-state index in [4.69, 9.17) is 10.8 Å². The molecule has 3 N–H and O–H groups in total. The molecule has 2 rings (SSSR count). The maximum Gasteiger partial charge on any atom is 0.314 e. The number of nitrogens with two attached hydrogens (primary N) is 1. The lowest BCUT2D eigenvalue weighted by atomic mass is 9.87. The van der Waals surface area contributed by atoms with E-state index in [1.165, 1.54) is 0 Å². The Bertz CT molecular complexity index is 410. The lowest BCUT2D eigenvalue weighted by Gasteiger charge is -2.19. The third-order valence-corrected chi connectivity index (χ3v) is 2.47. The maximum absolute atomic E-state index is 11.0. The minimum absolute atomic E-state index is 0.569. The largest absolute Gasteiger partial charge is 0.481 e. The van der Waals surface area contributed by atoms with Crippen molar-refractivity contribution in [1.29, 1.82) is 0 Å². The normalized spacial score (nSPS) is 19.0. The van der Waals surface area contributed by atoms with Gasteiger partial charge in [-0.05, 0) is 23.6 Å². The molecule has 0 heterocycles. The Morgan fingerprint density at radius 2 is 2.29 bits per heavy atom. The summed E-state index contributed by atoms with van der Waals surface area (Å²) in [6, 6.07) is 5.52. The predicted molar refractivity (Wildman–Crippen MR) is 54.1 cm³/mol. The van der Waals surface area contributed by atoms with Crippen LogP contribution in [0, 0.1) is 0 Å². The van der Waals surface area contributed by atoms with E-state index >= 15 is 0 Å². The summed E-state index contributed by atoms with van der Waals surface area (Å²) in [5.74, 6) is -1.43. The van der Waals surface area contributed by atoms with E-state index in [0.29, 0.717) is 5.69 Å². The third kappa shape index (κ3) is 1.27. The van der Waals surface area contributed by atoms with Crippen molar-refractivity contribution in [2.75, 3.05) is 5.73 Å². The van der Waals surface area contributed by atoms with Crippen LogP contribution in [0.4, 0.5) is 5.69 Å². The van der Waals surface area contributed by atoms with Crippen molar-refractivity contribution in [1.82, 2.24) is 0 Å². The second-order valence-electron chi connectivity index (χ2n) is 3.37. The quantitative estimate of drug-likeness (QED) is 0.520. The fourth-order valence-corrected chi connectivity index (χ4v) is 1.82. The lowest BCUT2D eigenvalue weighted by Crippen LogP contribution is -2.16. The second-order valence-corrected chi connectivity index (χ2v) is 3.37. The Balaban J connectivity index is 2.57. The molecular weight excluding hydrogens is 178 g/mol. The van der Waals surface area contributed by atoms with Gasteiger partial charge in [0.25, 0.3) is 0 Å². The number of nitrogen functional groups attached to an aromatic ring is 1. The molecule has 0 saturated heterocycles. The van der Waals surface area contributed by atoms with Crippen LogP contribution in [0.5, 0.6) is 0 Å². The molecule has 0 amide bonds. The molecule has 1 atom stereocenters. The van der Waals surface area contributed by atoms with Crippen molar-refractivity contribution in [2.45, 2.75) is 12.3 Å². The van der Waals surface area contributed by atoms with Crippen LogP contribution in [0.25, 0.3) is 0 Å². The lowest BCUT2D eigenvalue weighted by molar-refractivity contribution is -0.137. The molecule has 3 nitrogen and oxygen atoms in total. The van der Waals surface area contributed by atoms with Crippen LogP contribution in [0.1, 0.15) is 17.0 Å². The monoisotopic (exact) mass is 189 g/mol. The van der Waals surface area contributed by atoms with Gasteiger partial charge in [0.1, 0.15) is 5.92 Å². The highest BCUT2D eigenvalue weighted by atomic mass is 16.4. The average molecular weight is 189 g/mol. The molecule has 1 aliphatic carbocycles. The number of carboxylic acid groups (broad SMARTS) is 1. The van der Waals surface area contributed by atoms with Crippen molar-refractivity contribution in [3.8, 4) is 0 Å². The molecule has 0 spiro atoms. The van der Waals surface area contributed by atoms with Crippen LogP contribution in [-0.4, -0.2) is 11.1 Å². The molecule has 1 aromatic rings. The van der Waals surface area contributed by atoms with E-state index in [-0.39, 0.29) is 0 Å². The van der Waals surface area contributed by atoms with Gasteiger partial charge in [-0.1, -0.05) is 24.3 Å². The Hall–Kier alpha value is -1.77. The Kier molecular flexibility index (Phi) is 2.00. The zero-order chi connectivity index (χ0) is 10.1. The number of fused-ring (bicyclic) bond motifs is 1. The van der Waals surface area contributed by atoms with Crippen molar-refractivity contribution in [3.63, 3.8) is 0 Å². The van der Waals surface area contributed by atoms with E-state index in [1.54, 1.807) is 12.1 Å². The molecular formula is C11H11NO2. The minimum atomic E-state index is -0.847. The highest BCUT2D eigenvalue weighted by molar-refractivity contribution is 5.82. The first-order valence-corrected chi connectivity index (χ1v) is 4.47. The molecule has 0 saturated carbocycles. The summed E-state index contributed by atoms with van der Waals surface area (Å²) in [7, 11) is 0. The number of anilines is 1. The molecule has 0 fully saturated rings. The number of aliphatic carboxylic acids is 1. The van der Waals surface area contributed by atoms with Crippen molar-refractivity contribution in [2.24, 2.45) is 0 Å². The van der Waals surface area contributed by atoms with Crippen molar-refractivity contribution in [3.05, 3.63) is 41.5 Å². The SMILES string of the molecule is Nc1cccc2c1C(C(=O)O)C=CC2. The van der Waals surface area contributed by atoms with Gasteiger partial charge in [0.2, 0.25) is 0 Å². The summed E-state index contributed by atoms with van der Waals surface area (Å²) in [6.07, 6.45) is 4.34. The molecule has 1 aromatic carbocycles. The van der Waals surface area contributed by atoms with E-state index in [0.717, 1.165) is 17.5 Å². The Morgan fingerprint density at radius 3 is 3.00 bits per heavy atom. The first-order chi connectivity index (χ1) is 6.70. The maximum atomic E-state index is 11.0. The van der Waals surface area contributed by atoms with Gasteiger partial charge in [0.15, 0.2) is 0 Å². The molecule has 3 heteroatoms. The fourth-order valence-electron chi connectivity index (χ4n) is 1.82. The van der Waals surface area contributed by atoms with Gasteiger partial charge in [-0.25, -0.2) is 0 Å². The number of hydrogen-bond donors (Lipinski definition) is 2. The van der Waals surface area contributed by atoms with Gasteiger partial charge in [0.05, 0.1) is 0 Å². The summed E-state index contributed by atoms with van der Waals surface area (Å²) in [4.78, 5) is 11.0. The molecule has 0 bridgehead atoms. The van der Waals surface area contributed by atoms with Gasteiger partial charge < -0.3 is 10.8 Å². The highest BCUT2D eigenvalue weighted by Crippen LogP contribution is 2.31. The van der Waals surface area contributed by atoms with Crippen LogP contribution in [-0.2, 0) is 11.2 Å². The van der Waals surface area contributed by atoms with E-state index in [2.05, 4.69) is 0 Å². The van der Waals surface area contributed by atoms with Crippen LogP contribution >= 0.6 is 0 Å². The number of allylic oxidation sites excluding steroid dienone is 1. The highest BCUT2D eigenvalue weighted by Gasteiger charge is 2.24. The zero-order valence-electron chi connectivity index (χ0n) is 7.60. The van der Waals surface area contributed by atoms with Crippen molar-refractivity contribution >= 4 is 11.7 Å². The standard InChI is InChI=1S/C11H11NO2/c12-9-6-2-4-7-3-1-5-8(10(7)9)11(13)14/h1-2,4-6,8H,3,12H2,(H,13,14). The molecule has 1 unspecified atom stereocenters. The van der Waals surface area contributed by atoms with E-state index in [1.807, 2.05) is 18.2 Å². The fraction of sp³-hybridized carbons (Fsp3) is 0.182. The summed E-state index contributed by atoms with van der Waals surface area (Å²) < 4.78 is 0. The van der Waals surface area contributed by atoms with E-state index < -0.39 is 11.9 Å². The molecule has 0 aliphatic heterocycles. The smallest absolute Gasteiger partial charge is 0.314 e. The Labute approximate surface area is 81.9 Å². The molecule has 1 aliphatic rings. The Morgan fingerprint density at radius 1 is 1.50 bits per heavy atom. The average Bonchev–Trinajstić information content (AvgIpc) is 2.17. The number of rotatable bonds is 1. The number of carbonyl (C=O) groups is 1. The topological polar surface area (TPSA) is 63.3 Å². The van der Waals surface area contributed by atoms with Gasteiger partial charge in [-0.3, -0.25) is 4.79 Å². The predicted octanol–water partition coefficient (Wildman–Crippen LogP) is 1.55. The molecule has 0 radical (unpaired) electrons. The van der Waals surface area contributed by atoms with Gasteiger partial charge >= 0.3 is 5.97 Å². The summed E-state index contributed by atoms with van der Waals surface area (Å²) >= 11 is 0. The second kappa shape index (κ2) is 3.18. The summed E-state index contributed by atoms with van der Waals surface area (Å²) in [6.45, 7) is 0. The minimum Gasteiger partial charge on any atom is -0.481 e. The molecule has 0 aromatic heterocycles. The summed E-state index contributed by atoms with van der Waals surface area (Å²) in [5, 5.41) is 9.00. The van der Waals surface area contributed by atoms with Crippen LogP contribution in [0.15, 0.2) is 30.4 Å². The van der Waals surface area contributed by atoms with Crippen LogP contribution in [0.2, 0.25) is 0 Å². The third-order valence-electron chi connectivity index (χ3n) is 2.47. The molecule has 14 heavy (non-hydrogen) atoms. The number of carboxylic acids is 1. The van der Waals surface area contributed by atoms with Gasteiger partial charge in [-0.15, -0.1) is 0 Å². The summed E-state index contributed by atoms with van der Waals surface area (Å²) in [5.41, 5.74) is 8.11. The van der Waals surface area contributed by atoms with Crippen LogP contribution in [0.3, 0.4) is 0 Å². The zero-order valence-corrected chi connectivity index (χ0v) is 7.60. The number of hydrogen-bond acceptors (Lipinski definition) is 2. The van der Waals surface area contributed by atoms with Gasteiger partial charge in [0, 0.05) is 5.69 Å². The van der Waals surface area contributed by atoms with E-state index in [9.17, 15) is 4.79 Å². The first kappa shape index (κ1) is 8.81. The van der Waals surface area contributed by atoms with Crippen molar-refractivity contribution < 1.29 is 9.90 Å². The first-order valence-electron chi connectivity index (χ1n) is 4.47.